The highest BCUT2D eigenvalue weighted by Gasteiger charge is 2.23. The number of ether oxygens (including phenoxy) is 1. The summed E-state index contributed by atoms with van der Waals surface area (Å²) in [6, 6.07) is 0. The predicted octanol–water partition coefficient (Wildman–Crippen LogP) is 0.343. The number of sulfonamides is 1. The van der Waals surface area contributed by atoms with Crippen LogP contribution < -0.4 is 4.72 Å². The Morgan fingerprint density at radius 3 is 2.84 bits per heavy atom. The first-order valence-corrected chi connectivity index (χ1v) is 8.65. The summed E-state index contributed by atoms with van der Waals surface area (Å²) in [7, 11) is -3.22. The van der Waals surface area contributed by atoms with Gasteiger partial charge in [-0.3, -0.25) is 4.79 Å². The third-order valence-corrected chi connectivity index (χ3v) is 3.72. The van der Waals surface area contributed by atoms with Crippen molar-refractivity contribution in [2.75, 3.05) is 32.5 Å². The zero-order valence-corrected chi connectivity index (χ0v) is 12.5. The minimum absolute atomic E-state index is 0.0130. The molecule has 0 unspecified atom stereocenters. The van der Waals surface area contributed by atoms with E-state index in [0.29, 0.717) is 6.54 Å². The van der Waals surface area contributed by atoms with E-state index in [1.807, 2.05) is 0 Å². The standard InChI is InChI=1S/C12H24N2O4S/c1-3-9-18-11-5-4-8-14(10-11)12(15)6-7-13-19(2,16)17/h11,13H,3-10H2,1-2H3/t11-/m1/s1. The molecular formula is C12H24N2O4S. The Bertz CT molecular complexity index is 383. The lowest BCUT2D eigenvalue weighted by Crippen LogP contribution is -2.44. The van der Waals surface area contributed by atoms with Crippen molar-refractivity contribution in [1.82, 2.24) is 9.62 Å². The molecule has 0 aromatic heterocycles. The van der Waals surface area contributed by atoms with Crippen molar-refractivity contribution in [3.05, 3.63) is 0 Å². The largest absolute Gasteiger partial charge is 0.376 e. The normalized spacial score (nSPS) is 20.5. The summed E-state index contributed by atoms with van der Waals surface area (Å²) in [4.78, 5) is 13.7. The van der Waals surface area contributed by atoms with Crippen LogP contribution in [0.25, 0.3) is 0 Å². The molecule has 0 saturated carbocycles. The molecule has 1 N–H and O–H groups in total. The number of hydrogen-bond donors (Lipinski definition) is 1. The summed E-state index contributed by atoms with van der Waals surface area (Å²) in [5.74, 6) is -0.0130. The molecule has 1 fully saturated rings. The molecule has 0 radical (unpaired) electrons. The summed E-state index contributed by atoms with van der Waals surface area (Å²) in [6.07, 6.45) is 4.33. The second-order valence-corrected chi connectivity index (χ2v) is 6.72. The fraction of sp³-hybridized carbons (Fsp3) is 0.917. The molecule has 1 atom stereocenters. The Labute approximate surface area is 115 Å². The molecule has 0 spiro atoms. The number of piperidine rings is 1. The van der Waals surface area contributed by atoms with E-state index >= 15 is 0 Å². The van der Waals surface area contributed by atoms with Crippen LogP contribution >= 0.6 is 0 Å². The summed E-state index contributed by atoms with van der Waals surface area (Å²) >= 11 is 0. The van der Waals surface area contributed by atoms with Crippen molar-refractivity contribution in [3.8, 4) is 0 Å². The van der Waals surface area contributed by atoms with Crippen molar-refractivity contribution >= 4 is 15.9 Å². The lowest BCUT2D eigenvalue weighted by atomic mass is 10.1. The molecule has 6 nitrogen and oxygen atoms in total. The van der Waals surface area contributed by atoms with E-state index in [9.17, 15) is 13.2 Å². The van der Waals surface area contributed by atoms with Crippen LogP contribution in [0.4, 0.5) is 0 Å². The zero-order valence-electron chi connectivity index (χ0n) is 11.7. The van der Waals surface area contributed by atoms with Crippen LogP contribution in [0.15, 0.2) is 0 Å². The van der Waals surface area contributed by atoms with E-state index in [4.69, 9.17) is 4.74 Å². The second kappa shape index (κ2) is 7.81. The maximum Gasteiger partial charge on any atom is 0.223 e. The average molecular weight is 292 g/mol. The molecule has 1 heterocycles. The Morgan fingerprint density at radius 2 is 2.21 bits per heavy atom. The zero-order chi connectivity index (χ0) is 14.3. The number of rotatable bonds is 7. The van der Waals surface area contributed by atoms with Crippen LogP contribution in [-0.2, 0) is 19.6 Å². The van der Waals surface area contributed by atoms with Gasteiger partial charge in [0.1, 0.15) is 0 Å². The van der Waals surface area contributed by atoms with E-state index in [2.05, 4.69) is 11.6 Å². The highest BCUT2D eigenvalue weighted by molar-refractivity contribution is 7.88. The molecule has 0 aromatic carbocycles. The molecule has 0 bridgehead atoms. The third kappa shape index (κ3) is 6.89. The third-order valence-electron chi connectivity index (χ3n) is 2.99. The van der Waals surface area contributed by atoms with Crippen molar-refractivity contribution in [2.45, 2.75) is 38.7 Å². The van der Waals surface area contributed by atoms with Gasteiger partial charge in [-0.2, -0.15) is 0 Å². The van der Waals surface area contributed by atoms with E-state index in [1.54, 1.807) is 4.90 Å². The average Bonchev–Trinajstić information content (AvgIpc) is 2.35. The minimum Gasteiger partial charge on any atom is -0.376 e. The number of likely N-dealkylation sites (tertiary alicyclic amines) is 1. The molecule has 1 amide bonds. The summed E-state index contributed by atoms with van der Waals surface area (Å²) < 4.78 is 29.8. The van der Waals surface area contributed by atoms with Gasteiger partial charge in [-0.1, -0.05) is 6.92 Å². The van der Waals surface area contributed by atoms with E-state index in [0.717, 1.165) is 38.7 Å². The van der Waals surface area contributed by atoms with Crippen molar-refractivity contribution in [1.29, 1.82) is 0 Å². The smallest absolute Gasteiger partial charge is 0.223 e. The molecule has 1 aliphatic heterocycles. The fourth-order valence-corrected chi connectivity index (χ4v) is 2.56. The van der Waals surface area contributed by atoms with Gasteiger partial charge >= 0.3 is 0 Å². The van der Waals surface area contributed by atoms with Gasteiger partial charge < -0.3 is 9.64 Å². The summed E-state index contributed by atoms with van der Waals surface area (Å²) in [5, 5.41) is 0. The lowest BCUT2D eigenvalue weighted by molar-refractivity contribution is -0.135. The van der Waals surface area contributed by atoms with Gasteiger partial charge in [-0.25, -0.2) is 13.1 Å². The molecule has 0 aliphatic carbocycles. The SMILES string of the molecule is CCCO[C@@H]1CCCN(C(=O)CCNS(C)(=O)=O)C1. The molecule has 0 aromatic rings. The molecule has 112 valence electrons. The number of nitrogens with zero attached hydrogens (tertiary/aromatic N) is 1. The van der Waals surface area contributed by atoms with Gasteiger partial charge in [0.25, 0.3) is 0 Å². The number of hydrogen-bond acceptors (Lipinski definition) is 4. The highest BCUT2D eigenvalue weighted by atomic mass is 32.2. The predicted molar refractivity (Wildman–Crippen MR) is 73.3 cm³/mol. The monoisotopic (exact) mass is 292 g/mol. The van der Waals surface area contributed by atoms with Crippen molar-refractivity contribution in [3.63, 3.8) is 0 Å². The van der Waals surface area contributed by atoms with Gasteiger partial charge in [0, 0.05) is 32.7 Å². The van der Waals surface area contributed by atoms with E-state index in [-0.39, 0.29) is 25.0 Å². The highest BCUT2D eigenvalue weighted by Crippen LogP contribution is 2.14. The minimum atomic E-state index is -3.22. The molecule has 7 heteroatoms. The Hall–Kier alpha value is -0.660. The van der Waals surface area contributed by atoms with Gasteiger partial charge in [-0.05, 0) is 19.3 Å². The van der Waals surface area contributed by atoms with Crippen LogP contribution in [0.5, 0.6) is 0 Å². The van der Waals surface area contributed by atoms with Gasteiger partial charge in [0.05, 0.1) is 12.4 Å². The fourth-order valence-electron chi connectivity index (χ4n) is 2.09. The van der Waals surface area contributed by atoms with Gasteiger partial charge in [0.2, 0.25) is 15.9 Å². The molecule has 1 aliphatic rings. The van der Waals surface area contributed by atoms with Crippen LogP contribution in [0.3, 0.4) is 0 Å². The van der Waals surface area contributed by atoms with Gasteiger partial charge in [0.15, 0.2) is 0 Å². The van der Waals surface area contributed by atoms with Crippen LogP contribution in [0.1, 0.15) is 32.6 Å². The summed E-state index contributed by atoms with van der Waals surface area (Å²) in [5.41, 5.74) is 0. The molecular weight excluding hydrogens is 268 g/mol. The Kier molecular flexibility index (Phi) is 6.74. The van der Waals surface area contributed by atoms with E-state index in [1.165, 1.54) is 0 Å². The van der Waals surface area contributed by atoms with Crippen LogP contribution in [-0.4, -0.2) is 57.8 Å². The lowest BCUT2D eigenvalue weighted by Gasteiger charge is -2.32. The Morgan fingerprint density at radius 1 is 1.47 bits per heavy atom. The Balaban J connectivity index is 2.31. The number of amides is 1. The first-order valence-electron chi connectivity index (χ1n) is 6.76. The molecule has 1 saturated heterocycles. The van der Waals surface area contributed by atoms with Crippen LogP contribution in [0, 0.1) is 0 Å². The number of nitrogens with one attached hydrogen (secondary N) is 1. The van der Waals surface area contributed by atoms with Crippen molar-refractivity contribution < 1.29 is 17.9 Å². The second-order valence-electron chi connectivity index (χ2n) is 4.89. The number of carbonyl (C=O) groups is 1. The number of carbonyl (C=O) groups excluding carboxylic acids is 1. The first kappa shape index (κ1) is 16.4. The quantitative estimate of drug-likeness (QED) is 0.734. The van der Waals surface area contributed by atoms with Crippen molar-refractivity contribution in [2.24, 2.45) is 0 Å². The molecule has 19 heavy (non-hydrogen) atoms. The topological polar surface area (TPSA) is 75.7 Å². The maximum absolute atomic E-state index is 11.9. The molecule has 1 rings (SSSR count). The van der Waals surface area contributed by atoms with Crippen LogP contribution in [0.2, 0.25) is 0 Å². The maximum atomic E-state index is 11.9. The van der Waals surface area contributed by atoms with E-state index < -0.39 is 10.0 Å². The summed E-state index contributed by atoms with van der Waals surface area (Å²) in [6.45, 7) is 4.31. The van der Waals surface area contributed by atoms with Gasteiger partial charge in [-0.15, -0.1) is 0 Å². The first-order chi connectivity index (χ1) is 8.92.